The predicted octanol–water partition coefficient (Wildman–Crippen LogP) is 3.18. The largest absolute Gasteiger partial charge is 0.383 e. The van der Waals surface area contributed by atoms with Gasteiger partial charge in [0.2, 0.25) is 5.95 Å². The van der Waals surface area contributed by atoms with Crippen LogP contribution in [-0.4, -0.2) is 40.0 Å². The van der Waals surface area contributed by atoms with Crippen molar-refractivity contribution in [2.75, 3.05) is 31.3 Å². The van der Waals surface area contributed by atoms with Crippen molar-refractivity contribution in [2.24, 2.45) is 0 Å². The van der Waals surface area contributed by atoms with Gasteiger partial charge in [0, 0.05) is 19.2 Å². The molecule has 0 atom stereocenters. The zero-order chi connectivity index (χ0) is 19.3. The Morgan fingerprint density at radius 2 is 1.71 bits per heavy atom. The van der Waals surface area contributed by atoms with E-state index in [4.69, 9.17) is 15.5 Å². The molecule has 0 radical (unpaired) electrons. The van der Waals surface area contributed by atoms with Gasteiger partial charge in [-0.25, -0.2) is 9.67 Å². The SMILES string of the molecule is COCCNc1nc(-c2ccccc2)c2c(N)n(Cc3ccccc3)nc2n1. The number of methoxy groups -OCH3 is 1. The van der Waals surface area contributed by atoms with E-state index in [1.165, 1.54) is 0 Å². The maximum absolute atomic E-state index is 6.48. The van der Waals surface area contributed by atoms with Crippen LogP contribution in [0.15, 0.2) is 60.7 Å². The smallest absolute Gasteiger partial charge is 0.225 e. The topological polar surface area (TPSA) is 90.9 Å². The van der Waals surface area contributed by atoms with E-state index < -0.39 is 0 Å². The Bertz CT molecular complexity index is 1060. The Balaban J connectivity index is 1.81. The number of fused-ring (bicyclic) bond motifs is 1. The van der Waals surface area contributed by atoms with Gasteiger partial charge >= 0.3 is 0 Å². The molecule has 3 N–H and O–H groups in total. The third-order valence-electron chi connectivity index (χ3n) is 4.45. The lowest BCUT2D eigenvalue weighted by molar-refractivity contribution is 0.210. The lowest BCUT2D eigenvalue weighted by atomic mass is 10.1. The molecule has 7 nitrogen and oxygen atoms in total. The standard InChI is InChI=1S/C21H22N6O/c1-28-13-12-23-21-24-18(16-10-6-3-7-11-16)17-19(22)27(26-20(17)25-21)14-15-8-4-2-5-9-15/h2-11H,12-14,22H2,1H3,(H,23,25,26). The average Bonchev–Trinajstić information content (AvgIpc) is 3.04. The Morgan fingerprint density at radius 3 is 2.43 bits per heavy atom. The fourth-order valence-corrected chi connectivity index (χ4v) is 3.08. The average molecular weight is 374 g/mol. The molecular weight excluding hydrogens is 352 g/mol. The molecule has 0 fully saturated rings. The van der Waals surface area contributed by atoms with Gasteiger partial charge in [0.1, 0.15) is 5.82 Å². The van der Waals surface area contributed by atoms with Crippen LogP contribution >= 0.6 is 0 Å². The Labute approximate surface area is 163 Å². The minimum Gasteiger partial charge on any atom is -0.383 e. The monoisotopic (exact) mass is 374 g/mol. The summed E-state index contributed by atoms with van der Waals surface area (Å²) in [6, 6.07) is 20.0. The molecule has 0 amide bonds. The summed E-state index contributed by atoms with van der Waals surface area (Å²) in [6.07, 6.45) is 0. The molecule has 4 aromatic rings. The van der Waals surface area contributed by atoms with Crippen molar-refractivity contribution < 1.29 is 4.74 Å². The summed E-state index contributed by atoms with van der Waals surface area (Å²) < 4.78 is 6.88. The van der Waals surface area contributed by atoms with Crippen LogP contribution in [0.25, 0.3) is 22.3 Å². The molecule has 7 heteroatoms. The summed E-state index contributed by atoms with van der Waals surface area (Å²) in [5.74, 6) is 1.06. The first-order valence-corrected chi connectivity index (χ1v) is 9.12. The minimum atomic E-state index is 0.507. The van der Waals surface area contributed by atoms with Gasteiger partial charge in [0.25, 0.3) is 0 Å². The molecule has 2 aromatic heterocycles. The van der Waals surface area contributed by atoms with Crippen LogP contribution in [0.2, 0.25) is 0 Å². The quantitative estimate of drug-likeness (QED) is 0.483. The predicted molar refractivity (Wildman–Crippen MR) is 111 cm³/mol. The lowest BCUT2D eigenvalue weighted by Gasteiger charge is -2.08. The molecule has 4 rings (SSSR count). The van der Waals surface area contributed by atoms with E-state index in [0.717, 1.165) is 22.2 Å². The van der Waals surface area contributed by atoms with Crippen molar-refractivity contribution >= 4 is 22.8 Å². The summed E-state index contributed by atoms with van der Waals surface area (Å²) in [5.41, 5.74) is 9.90. The van der Waals surface area contributed by atoms with Gasteiger partial charge in [0.15, 0.2) is 5.65 Å². The Morgan fingerprint density at radius 1 is 1.00 bits per heavy atom. The number of rotatable bonds is 7. The molecule has 2 aromatic carbocycles. The second-order valence-corrected chi connectivity index (χ2v) is 6.41. The van der Waals surface area contributed by atoms with Crippen LogP contribution < -0.4 is 11.1 Å². The highest BCUT2D eigenvalue weighted by molar-refractivity contribution is 5.98. The maximum atomic E-state index is 6.48. The van der Waals surface area contributed by atoms with E-state index in [1.807, 2.05) is 60.7 Å². The van der Waals surface area contributed by atoms with E-state index in [9.17, 15) is 0 Å². The van der Waals surface area contributed by atoms with E-state index in [-0.39, 0.29) is 0 Å². The van der Waals surface area contributed by atoms with Gasteiger partial charge in [-0.05, 0) is 5.56 Å². The molecule has 0 spiro atoms. The molecule has 0 aliphatic heterocycles. The minimum absolute atomic E-state index is 0.507. The number of benzene rings is 2. The van der Waals surface area contributed by atoms with Crippen LogP contribution in [0.1, 0.15) is 5.56 Å². The van der Waals surface area contributed by atoms with Gasteiger partial charge in [0.05, 0.1) is 24.2 Å². The number of nitrogens with one attached hydrogen (secondary N) is 1. The fraction of sp³-hybridized carbons (Fsp3) is 0.190. The molecule has 0 unspecified atom stereocenters. The van der Waals surface area contributed by atoms with Crippen molar-refractivity contribution in [3.05, 3.63) is 66.2 Å². The number of nitrogen functional groups attached to an aromatic ring is 1. The second-order valence-electron chi connectivity index (χ2n) is 6.41. The van der Waals surface area contributed by atoms with Gasteiger partial charge in [-0.3, -0.25) is 0 Å². The fourth-order valence-electron chi connectivity index (χ4n) is 3.08. The third kappa shape index (κ3) is 3.65. The first-order chi connectivity index (χ1) is 13.8. The first-order valence-electron chi connectivity index (χ1n) is 9.12. The molecule has 0 aliphatic rings. The van der Waals surface area contributed by atoms with Crippen LogP contribution in [0.4, 0.5) is 11.8 Å². The van der Waals surface area contributed by atoms with E-state index in [2.05, 4.69) is 15.4 Å². The van der Waals surface area contributed by atoms with Crippen LogP contribution in [-0.2, 0) is 11.3 Å². The second kappa shape index (κ2) is 8.06. The summed E-state index contributed by atoms with van der Waals surface area (Å²) in [4.78, 5) is 9.28. The summed E-state index contributed by atoms with van der Waals surface area (Å²) in [5, 5.41) is 8.60. The highest BCUT2D eigenvalue weighted by Crippen LogP contribution is 2.31. The normalized spacial score (nSPS) is 11.0. The van der Waals surface area contributed by atoms with Crippen molar-refractivity contribution in [1.29, 1.82) is 0 Å². The zero-order valence-corrected chi connectivity index (χ0v) is 15.7. The number of hydrogen-bond donors (Lipinski definition) is 2. The number of anilines is 2. The van der Waals surface area contributed by atoms with Gasteiger partial charge in [-0.2, -0.15) is 4.98 Å². The number of nitrogens with two attached hydrogens (primary N) is 1. The molecule has 0 aliphatic carbocycles. The molecule has 0 saturated heterocycles. The zero-order valence-electron chi connectivity index (χ0n) is 15.7. The number of nitrogens with zero attached hydrogens (tertiary/aromatic N) is 4. The van der Waals surface area contributed by atoms with Crippen LogP contribution in [0.5, 0.6) is 0 Å². The van der Waals surface area contributed by atoms with Crippen molar-refractivity contribution in [1.82, 2.24) is 19.7 Å². The molecule has 0 bridgehead atoms. The van der Waals surface area contributed by atoms with E-state index in [1.54, 1.807) is 11.8 Å². The molecule has 2 heterocycles. The third-order valence-corrected chi connectivity index (χ3v) is 4.45. The molecule has 0 saturated carbocycles. The summed E-state index contributed by atoms with van der Waals surface area (Å²) in [6.45, 7) is 1.74. The van der Waals surface area contributed by atoms with Gasteiger partial charge in [-0.1, -0.05) is 60.7 Å². The van der Waals surface area contributed by atoms with Crippen molar-refractivity contribution in [3.63, 3.8) is 0 Å². The van der Waals surface area contributed by atoms with Gasteiger partial charge < -0.3 is 15.8 Å². The Kier molecular flexibility index (Phi) is 5.16. The molecule has 28 heavy (non-hydrogen) atoms. The number of hydrogen-bond acceptors (Lipinski definition) is 6. The molecular formula is C21H22N6O. The highest BCUT2D eigenvalue weighted by Gasteiger charge is 2.18. The van der Waals surface area contributed by atoms with E-state index in [0.29, 0.717) is 37.1 Å². The van der Waals surface area contributed by atoms with Gasteiger partial charge in [-0.15, -0.1) is 5.10 Å². The summed E-state index contributed by atoms with van der Waals surface area (Å²) >= 11 is 0. The summed E-state index contributed by atoms with van der Waals surface area (Å²) in [7, 11) is 1.66. The molecule has 142 valence electrons. The van der Waals surface area contributed by atoms with Crippen LogP contribution in [0, 0.1) is 0 Å². The Hall–Kier alpha value is -3.45. The van der Waals surface area contributed by atoms with Crippen molar-refractivity contribution in [2.45, 2.75) is 6.54 Å². The van der Waals surface area contributed by atoms with E-state index >= 15 is 0 Å². The highest BCUT2D eigenvalue weighted by atomic mass is 16.5. The lowest BCUT2D eigenvalue weighted by Crippen LogP contribution is -2.10. The maximum Gasteiger partial charge on any atom is 0.225 e. The van der Waals surface area contributed by atoms with Crippen LogP contribution in [0.3, 0.4) is 0 Å². The van der Waals surface area contributed by atoms with Crippen molar-refractivity contribution in [3.8, 4) is 11.3 Å². The first kappa shape index (κ1) is 17.9. The number of ether oxygens (including phenoxy) is 1. The number of aromatic nitrogens is 4.